The first-order valence-corrected chi connectivity index (χ1v) is 9.28. The van der Waals surface area contributed by atoms with E-state index in [1.54, 1.807) is 0 Å². The molecule has 3 rings (SSSR count). The Bertz CT molecular complexity index is 922. The van der Waals surface area contributed by atoms with Crippen molar-refractivity contribution in [1.29, 1.82) is 0 Å². The number of benzene rings is 2. The van der Waals surface area contributed by atoms with E-state index in [-0.39, 0.29) is 17.5 Å². The lowest BCUT2D eigenvalue weighted by Crippen LogP contribution is -2.14. The molecule has 0 fully saturated rings. The molecule has 27 heavy (non-hydrogen) atoms. The van der Waals surface area contributed by atoms with Gasteiger partial charge in [-0.2, -0.15) is 0 Å². The van der Waals surface area contributed by atoms with Crippen molar-refractivity contribution in [3.05, 3.63) is 54.3 Å². The standard InChI is InChI=1S/C19H20FN5OS/c1-24(2)16-10-4-13(5-11-16)18-22-23-19(25(18)3)27-12-17(26)21-15-8-6-14(20)7-9-15/h4-11H,12H2,1-3H3,(H,21,26). The van der Waals surface area contributed by atoms with Crippen LogP contribution >= 0.6 is 11.8 Å². The Morgan fingerprint density at radius 2 is 1.78 bits per heavy atom. The summed E-state index contributed by atoms with van der Waals surface area (Å²) in [5, 5.41) is 11.8. The summed E-state index contributed by atoms with van der Waals surface area (Å²) in [7, 11) is 5.85. The molecule has 1 N–H and O–H groups in total. The molecule has 0 aliphatic rings. The summed E-state index contributed by atoms with van der Waals surface area (Å²) in [5.41, 5.74) is 2.62. The van der Waals surface area contributed by atoms with E-state index in [1.807, 2.05) is 54.9 Å². The predicted molar refractivity (Wildman–Crippen MR) is 107 cm³/mol. The van der Waals surface area contributed by atoms with E-state index >= 15 is 0 Å². The Morgan fingerprint density at radius 1 is 1.11 bits per heavy atom. The van der Waals surface area contributed by atoms with E-state index in [2.05, 4.69) is 15.5 Å². The molecular formula is C19H20FN5OS. The Labute approximate surface area is 161 Å². The average Bonchev–Trinajstić information content (AvgIpc) is 3.02. The first-order valence-electron chi connectivity index (χ1n) is 8.29. The first-order chi connectivity index (χ1) is 12.9. The largest absolute Gasteiger partial charge is 0.378 e. The van der Waals surface area contributed by atoms with Crippen LogP contribution in [0.1, 0.15) is 0 Å². The molecule has 1 amide bonds. The fourth-order valence-electron chi connectivity index (χ4n) is 2.46. The Hall–Kier alpha value is -2.87. The topological polar surface area (TPSA) is 63.1 Å². The summed E-state index contributed by atoms with van der Waals surface area (Å²) < 4.78 is 14.8. The number of carbonyl (C=O) groups is 1. The van der Waals surface area contributed by atoms with E-state index in [0.717, 1.165) is 17.1 Å². The molecule has 0 radical (unpaired) electrons. The fraction of sp³-hybridized carbons (Fsp3) is 0.211. The van der Waals surface area contributed by atoms with Gasteiger partial charge in [0.25, 0.3) is 0 Å². The maximum absolute atomic E-state index is 12.9. The molecule has 6 nitrogen and oxygen atoms in total. The number of amides is 1. The van der Waals surface area contributed by atoms with Crippen molar-refractivity contribution in [1.82, 2.24) is 14.8 Å². The molecule has 3 aromatic rings. The van der Waals surface area contributed by atoms with Gasteiger partial charge in [0.15, 0.2) is 11.0 Å². The maximum Gasteiger partial charge on any atom is 0.234 e. The molecule has 0 unspecified atom stereocenters. The zero-order chi connectivity index (χ0) is 19.4. The fourth-order valence-corrected chi connectivity index (χ4v) is 3.17. The Morgan fingerprint density at radius 3 is 2.41 bits per heavy atom. The number of hydrogen-bond donors (Lipinski definition) is 1. The van der Waals surface area contributed by atoms with Gasteiger partial charge in [-0.1, -0.05) is 11.8 Å². The van der Waals surface area contributed by atoms with Crippen LogP contribution in [0.25, 0.3) is 11.4 Å². The van der Waals surface area contributed by atoms with Crippen molar-refractivity contribution in [2.24, 2.45) is 7.05 Å². The van der Waals surface area contributed by atoms with Gasteiger partial charge in [0.1, 0.15) is 5.82 Å². The molecule has 8 heteroatoms. The minimum absolute atomic E-state index is 0.183. The number of hydrogen-bond acceptors (Lipinski definition) is 5. The van der Waals surface area contributed by atoms with E-state index in [9.17, 15) is 9.18 Å². The molecule has 0 spiro atoms. The van der Waals surface area contributed by atoms with Gasteiger partial charge in [-0.15, -0.1) is 10.2 Å². The van der Waals surface area contributed by atoms with Gasteiger partial charge >= 0.3 is 0 Å². The Balaban J connectivity index is 1.63. The highest BCUT2D eigenvalue weighted by Crippen LogP contribution is 2.24. The van der Waals surface area contributed by atoms with Crippen LogP contribution in [0, 0.1) is 5.82 Å². The van der Waals surface area contributed by atoms with Gasteiger partial charge in [-0.05, 0) is 48.5 Å². The van der Waals surface area contributed by atoms with E-state index in [0.29, 0.717) is 10.8 Å². The molecular weight excluding hydrogens is 365 g/mol. The molecule has 0 bridgehead atoms. The van der Waals surface area contributed by atoms with Gasteiger partial charge < -0.3 is 14.8 Å². The second kappa shape index (κ2) is 8.22. The maximum atomic E-state index is 12.9. The molecule has 0 aliphatic heterocycles. The minimum atomic E-state index is -0.340. The number of carbonyl (C=O) groups excluding carboxylic acids is 1. The smallest absolute Gasteiger partial charge is 0.234 e. The summed E-state index contributed by atoms with van der Waals surface area (Å²) in [4.78, 5) is 14.1. The van der Waals surface area contributed by atoms with Gasteiger partial charge in [-0.3, -0.25) is 4.79 Å². The van der Waals surface area contributed by atoms with Crippen molar-refractivity contribution in [3.8, 4) is 11.4 Å². The zero-order valence-corrected chi connectivity index (χ0v) is 16.1. The zero-order valence-electron chi connectivity index (χ0n) is 15.3. The normalized spacial score (nSPS) is 10.7. The van der Waals surface area contributed by atoms with E-state index < -0.39 is 0 Å². The highest BCUT2D eigenvalue weighted by molar-refractivity contribution is 7.99. The van der Waals surface area contributed by atoms with E-state index in [4.69, 9.17) is 0 Å². The van der Waals surface area contributed by atoms with Gasteiger partial charge in [0.05, 0.1) is 5.75 Å². The number of rotatable bonds is 6. The molecule has 2 aromatic carbocycles. The first kappa shape index (κ1) is 18.9. The van der Waals surface area contributed by atoms with Crippen LogP contribution < -0.4 is 10.2 Å². The average molecular weight is 385 g/mol. The molecule has 0 saturated heterocycles. The van der Waals surface area contributed by atoms with Crippen molar-refractivity contribution in [2.45, 2.75) is 5.16 Å². The third-order valence-corrected chi connectivity index (χ3v) is 4.96. The monoisotopic (exact) mass is 385 g/mol. The Kier molecular flexibility index (Phi) is 5.75. The second-order valence-corrected chi connectivity index (χ2v) is 7.09. The predicted octanol–water partition coefficient (Wildman–Crippen LogP) is 3.42. The summed E-state index contributed by atoms with van der Waals surface area (Å²) in [5.74, 6) is 0.393. The van der Waals surface area contributed by atoms with Crippen molar-refractivity contribution in [3.63, 3.8) is 0 Å². The van der Waals surface area contributed by atoms with Crippen LogP contribution in [0.15, 0.2) is 53.7 Å². The van der Waals surface area contributed by atoms with Gasteiger partial charge in [-0.25, -0.2) is 4.39 Å². The van der Waals surface area contributed by atoms with E-state index in [1.165, 1.54) is 36.0 Å². The summed E-state index contributed by atoms with van der Waals surface area (Å²) in [6, 6.07) is 13.7. The van der Waals surface area contributed by atoms with Crippen molar-refractivity contribution >= 4 is 29.0 Å². The number of aromatic nitrogens is 3. The summed E-state index contributed by atoms with van der Waals surface area (Å²) in [6.07, 6.45) is 0. The lowest BCUT2D eigenvalue weighted by molar-refractivity contribution is -0.113. The molecule has 140 valence electrons. The van der Waals surface area contributed by atoms with Crippen LogP contribution in [0.4, 0.5) is 15.8 Å². The van der Waals surface area contributed by atoms with Crippen LogP contribution in [0.3, 0.4) is 0 Å². The SMILES string of the molecule is CN(C)c1ccc(-c2nnc(SCC(=O)Nc3ccc(F)cc3)n2C)cc1. The van der Waals surface area contributed by atoms with Crippen LogP contribution in [0.2, 0.25) is 0 Å². The third kappa shape index (κ3) is 4.65. The van der Waals surface area contributed by atoms with Crippen LogP contribution in [0.5, 0.6) is 0 Å². The number of nitrogens with one attached hydrogen (secondary N) is 1. The number of thioether (sulfide) groups is 1. The molecule has 1 aromatic heterocycles. The summed E-state index contributed by atoms with van der Waals surface area (Å²) >= 11 is 1.30. The highest BCUT2D eigenvalue weighted by atomic mass is 32.2. The lowest BCUT2D eigenvalue weighted by atomic mass is 10.2. The lowest BCUT2D eigenvalue weighted by Gasteiger charge is -2.12. The highest BCUT2D eigenvalue weighted by Gasteiger charge is 2.13. The molecule has 0 aliphatic carbocycles. The van der Waals surface area contributed by atoms with Crippen molar-refractivity contribution in [2.75, 3.05) is 30.1 Å². The molecule has 1 heterocycles. The quantitative estimate of drug-likeness (QED) is 0.659. The second-order valence-electron chi connectivity index (χ2n) is 6.15. The third-order valence-electron chi connectivity index (χ3n) is 3.94. The van der Waals surface area contributed by atoms with Crippen LogP contribution in [-0.4, -0.2) is 40.5 Å². The number of anilines is 2. The van der Waals surface area contributed by atoms with Crippen molar-refractivity contribution < 1.29 is 9.18 Å². The molecule has 0 atom stereocenters. The number of halogens is 1. The summed E-state index contributed by atoms with van der Waals surface area (Å²) in [6.45, 7) is 0. The molecule has 0 saturated carbocycles. The minimum Gasteiger partial charge on any atom is -0.378 e. The van der Waals surface area contributed by atoms with Gasteiger partial charge in [0.2, 0.25) is 5.91 Å². The van der Waals surface area contributed by atoms with Crippen LogP contribution in [-0.2, 0) is 11.8 Å². The van der Waals surface area contributed by atoms with Gasteiger partial charge in [0, 0.05) is 38.1 Å². The number of nitrogens with zero attached hydrogens (tertiary/aromatic N) is 4.